The molecule has 1 aliphatic heterocycles. The first-order valence-corrected chi connectivity index (χ1v) is 11.7. The van der Waals surface area contributed by atoms with Gasteiger partial charge in [0, 0.05) is 50.0 Å². The zero-order valence-electron chi connectivity index (χ0n) is 18.9. The van der Waals surface area contributed by atoms with Gasteiger partial charge in [0.2, 0.25) is 0 Å². The molecule has 168 valence electrons. The summed E-state index contributed by atoms with van der Waals surface area (Å²) < 4.78 is 0. The minimum atomic E-state index is -0.582. The molecule has 0 radical (unpaired) electrons. The Bertz CT molecular complexity index is 650. The van der Waals surface area contributed by atoms with Gasteiger partial charge in [0.05, 0.1) is 12.1 Å². The summed E-state index contributed by atoms with van der Waals surface area (Å²) in [5.41, 5.74) is 1.82. The summed E-state index contributed by atoms with van der Waals surface area (Å²) in [6.45, 7) is 8.93. The Hall–Kier alpha value is -1.63. The average Bonchev–Trinajstić information content (AvgIpc) is 3.25. The van der Waals surface area contributed by atoms with Crippen molar-refractivity contribution in [2.24, 2.45) is 5.92 Å². The van der Waals surface area contributed by atoms with Crippen LogP contribution in [0, 0.1) is 5.92 Å². The van der Waals surface area contributed by atoms with E-state index in [-0.39, 0.29) is 11.9 Å². The number of anilines is 1. The van der Waals surface area contributed by atoms with E-state index in [4.69, 9.17) is 0 Å². The van der Waals surface area contributed by atoms with Crippen LogP contribution in [0.25, 0.3) is 0 Å². The number of carbonyl (C=O) groups excluding carboxylic acids is 1. The first-order valence-electron chi connectivity index (χ1n) is 11.7. The number of carbonyl (C=O) groups is 1. The molecular formula is C24H40N4O2. The van der Waals surface area contributed by atoms with E-state index >= 15 is 0 Å². The Morgan fingerprint density at radius 3 is 2.33 bits per heavy atom. The minimum absolute atomic E-state index is 0.106. The molecule has 1 aromatic rings. The molecule has 1 saturated carbocycles. The van der Waals surface area contributed by atoms with Crippen molar-refractivity contribution >= 4 is 11.6 Å². The van der Waals surface area contributed by atoms with E-state index in [1.54, 1.807) is 0 Å². The number of hydrogen-bond acceptors (Lipinski definition) is 5. The molecule has 6 heteroatoms. The maximum atomic E-state index is 12.9. The molecule has 0 aromatic heterocycles. The normalized spacial score (nSPS) is 20.5. The largest absolute Gasteiger partial charge is 0.390 e. The van der Waals surface area contributed by atoms with E-state index in [2.05, 4.69) is 41.3 Å². The molecule has 0 unspecified atom stereocenters. The third kappa shape index (κ3) is 6.69. The van der Waals surface area contributed by atoms with Crippen LogP contribution in [-0.2, 0) is 0 Å². The number of likely N-dealkylation sites (N-methyl/N-ethyl adjacent to an activating group) is 1. The van der Waals surface area contributed by atoms with Gasteiger partial charge >= 0.3 is 0 Å². The number of amides is 1. The van der Waals surface area contributed by atoms with E-state index in [0.717, 1.165) is 32.6 Å². The first-order chi connectivity index (χ1) is 14.4. The van der Waals surface area contributed by atoms with Crippen LogP contribution in [0.2, 0.25) is 0 Å². The maximum Gasteiger partial charge on any atom is 0.251 e. The zero-order valence-corrected chi connectivity index (χ0v) is 18.9. The van der Waals surface area contributed by atoms with Gasteiger partial charge in [-0.1, -0.05) is 26.7 Å². The van der Waals surface area contributed by atoms with Crippen LogP contribution in [-0.4, -0.2) is 73.9 Å². The molecule has 1 amide bonds. The molecule has 2 fully saturated rings. The summed E-state index contributed by atoms with van der Waals surface area (Å²) in [4.78, 5) is 17.6. The zero-order chi connectivity index (χ0) is 21.5. The highest BCUT2D eigenvalue weighted by atomic mass is 16.3. The minimum Gasteiger partial charge on any atom is -0.390 e. The Morgan fingerprint density at radius 1 is 1.10 bits per heavy atom. The molecule has 1 aliphatic carbocycles. The van der Waals surface area contributed by atoms with Crippen molar-refractivity contribution in [3.63, 3.8) is 0 Å². The predicted octanol–water partition coefficient (Wildman–Crippen LogP) is 2.48. The van der Waals surface area contributed by atoms with Crippen LogP contribution in [0.15, 0.2) is 24.3 Å². The summed E-state index contributed by atoms with van der Waals surface area (Å²) in [5.74, 6) is 0.293. The molecule has 30 heavy (non-hydrogen) atoms. The van der Waals surface area contributed by atoms with Crippen LogP contribution in [0.1, 0.15) is 56.3 Å². The maximum absolute atomic E-state index is 12.9. The Morgan fingerprint density at radius 2 is 1.73 bits per heavy atom. The number of hydrogen-bond donors (Lipinski definition) is 3. The van der Waals surface area contributed by atoms with Crippen LogP contribution < -0.4 is 15.5 Å². The van der Waals surface area contributed by atoms with Crippen molar-refractivity contribution in [3.8, 4) is 0 Å². The predicted molar refractivity (Wildman–Crippen MR) is 123 cm³/mol. The number of benzene rings is 1. The van der Waals surface area contributed by atoms with Crippen LogP contribution in [0.4, 0.5) is 5.69 Å². The molecule has 1 heterocycles. The molecule has 3 rings (SSSR count). The van der Waals surface area contributed by atoms with Crippen LogP contribution in [0.3, 0.4) is 0 Å². The second-order valence-electron chi connectivity index (χ2n) is 9.50. The molecule has 2 atom stereocenters. The standard InChI is InChI=1S/C24H40N4O2/c1-18(2)16-22(23(29)17-25-20-6-4-5-7-20)26-24(30)19-8-10-21(11-9-19)28-14-12-27(3)13-15-28/h8-11,18,20,22-23,25,29H,4-7,12-17H2,1-3H3,(H,26,30)/t22-,23+/m0/s1. The number of piperazine rings is 1. The van der Waals surface area contributed by atoms with Gasteiger partial charge < -0.3 is 25.5 Å². The highest BCUT2D eigenvalue weighted by molar-refractivity contribution is 5.94. The third-order valence-electron chi connectivity index (χ3n) is 6.48. The van der Waals surface area contributed by atoms with E-state index < -0.39 is 6.10 Å². The number of rotatable bonds is 9. The smallest absolute Gasteiger partial charge is 0.251 e. The van der Waals surface area contributed by atoms with Crippen molar-refractivity contribution in [2.45, 2.75) is 64.1 Å². The second-order valence-corrected chi connectivity index (χ2v) is 9.50. The summed E-state index contributed by atoms with van der Waals surface area (Å²) in [7, 11) is 2.15. The fraction of sp³-hybridized carbons (Fsp3) is 0.708. The lowest BCUT2D eigenvalue weighted by atomic mass is 9.98. The van der Waals surface area contributed by atoms with Crippen molar-refractivity contribution in [1.82, 2.24) is 15.5 Å². The second kappa shape index (κ2) is 11.1. The van der Waals surface area contributed by atoms with E-state index in [0.29, 0.717) is 24.1 Å². The molecule has 0 spiro atoms. The van der Waals surface area contributed by atoms with E-state index in [1.165, 1.54) is 31.4 Å². The summed E-state index contributed by atoms with van der Waals surface area (Å²) in [6.07, 6.45) is 5.09. The van der Waals surface area contributed by atoms with Gasteiger partial charge in [0.15, 0.2) is 0 Å². The van der Waals surface area contributed by atoms with Crippen molar-refractivity contribution < 1.29 is 9.90 Å². The highest BCUT2D eigenvalue weighted by Crippen LogP contribution is 2.19. The SMILES string of the molecule is CC(C)C[C@H](NC(=O)c1ccc(N2CCN(C)CC2)cc1)[C@H](O)CNC1CCCC1. The Balaban J connectivity index is 1.55. The monoisotopic (exact) mass is 416 g/mol. The number of aliphatic hydroxyl groups is 1. The van der Waals surface area contributed by atoms with E-state index in [1.807, 2.05) is 24.3 Å². The Labute approximate surface area is 182 Å². The number of aliphatic hydroxyl groups excluding tert-OH is 1. The molecule has 3 N–H and O–H groups in total. The molecule has 0 bridgehead atoms. The molecular weight excluding hydrogens is 376 g/mol. The topological polar surface area (TPSA) is 67.8 Å². The quantitative estimate of drug-likeness (QED) is 0.577. The lowest BCUT2D eigenvalue weighted by Gasteiger charge is -2.34. The van der Waals surface area contributed by atoms with E-state index in [9.17, 15) is 9.90 Å². The van der Waals surface area contributed by atoms with Crippen LogP contribution in [0.5, 0.6) is 0 Å². The van der Waals surface area contributed by atoms with Gasteiger partial charge in [-0.25, -0.2) is 0 Å². The summed E-state index contributed by atoms with van der Waals surface area (Å²) in [5, 5.41) is 17.3. The molecule has 1 saturated heterocycles. The molecule has 6 nitrogen and oxygen atoms in total. The first kappa shape index (κ1) is 23.0. The molecule has 2 aliphatic rings. The fourth-order valence-corrected chi connectivity index (χ4v) is 4.52. The lowest BCUT2D eigenvalue weighted by molar-refractivity contribution is 0.0794. The summed E-state index contributed by atoms with van der Waals surface area (Å²) in [6, 6.07) is 8.14. The van der Waals surface area contributed by atoms with Gasteiger partial charge in [-0.3, -0.25) is 4.79 Å². The van der Waals surface area contributed by atoms with Crippen LogP contribution >= 0.6 is 0 Å². The average molecular weight is 417 g/mol. The Kier molecular flexibility index (Phi) is 8.54. The lowest BCUT2D eigenvalue weighted by Crippen LogP contribution is -2.49. The van der Waals surface area contributed by atoms with Gasteiger partial charge in [-0.15, -0.1) is 0 Å². The van der Waals surface area contributed by atoms with Gasteiger partial charge in [-0.05, 0) is 56.5 Å². The van der Waals surface area contributed by atoms with Crippen molar-refractivity contribution in [1.29, 1.82) is 0 Å². The fourth-order valence-electron chi connectivity index (χ4n) is 4.52. The van der Waals surface area contributed by atoms with Gasteiger partial charge in [0.1, 0.15) is 0 Å². The molecule has 1 aromatic carbocycles. The number of nitrogens with zero attached hydrogens (tertiary/aromatic N) is 2. The summed E-state index contributed by atoms with van der Waals surface area (Å²) >= 11 is 0. The van der Waals surface area contributed by atoms with Gasteiger partial charge in [-0.2, -0.15) is 0 Å². The van der Waals surface area contributed by atoms with Gasteiger partial charge in [0.25, 0.3) is 5.91 Å². The third-order valence-corrected chi connectivity index (χ3v) is 6.48. The number of nitrogens with one attached hydrogen (secondary N) is 2. The highest BCUT2D eigenvalue weighted by Gasteiger charge is 2.25. The van der Waals surface area contributed by atoms with Crippen molar-refractivity contribution in [2.75, 3.05) is 44.7 Å². The van der Waals surface area contributed by atoms with Crippen molar-refractivity contribution in [3.05, 3.63) is 29.8 Å².